The maximum atomic E-state index is 2.22. The first kappa shape index (κ1) is 21.4. The Morgan fingerprint density at radius 3 is 1.03 bits per heavy atom. The van der Waals surface area contributed by atoms with Crippen LogP contribution in [0.25, 0.3) is 45.8 Å². The number of hydrogen-bond donors (Lipinski definition) is 0. The third kappa shape index (κ3) is 5.49. The first-order valence-electron chi connectivity index (χ1n) is 11.6. The lowest BCUT2D eigenvalue weighted by molar-refractivity contribution is 1.62. The molecule has 0 saturated heterocycles. The van der Waals surface area contributed by atoms with E-state index >= 15 is 0 Å². The Morgan fingerprint density at radius 1 is 0.294 bits per heavy atom. The molecule has 0 aliphatic rings. The number of benzene rings is 5. The second kappa shape index (κ2) is 10.5. The molecular formula is C34H26. The molecule has 0 amide bonds. The van der Waals surface area contributed by atoms with Gasteiger partial charge < -0.3 is 0 Å². The molecule has 162 valence electrons. The van der Waals surface area contributed by atoms with Crippen LogP contribution in [0, 0.1) is 0 Å². The van der Waals surface area contributed by atoms with Gasteiger partial charge in [-0.05, 0) is 55.9 Å². The molecular weight excluding hydrogens is 408 g/mol. The summed E-state index contributed by atoms with van der Waals surface area (Å²) in [6, 6.07) is 38.6. The molecule has 0 unspecified atom stereocenters. The first-order valence-corrected chi connectivity index (χ1v) is 11.6. The van der Waals surface area contributed by atoms with Crippen LogP contribution in [0.5, 0.6) is 0 Å². The predicted octanol–water partition coefficient (Wildman–Crippen LogP) is 9.45. The average Bonchev–Trinajstić information content (AvgIpc) is 2.90. The van der Waals surface area contributed by atoms with Crippen molar-refractivity contribution in [3.8, 4) is 0 Å². The van der Waals surface area contributed by atoms with Gasteiger partial charge in [0.05, 0.1) is 0 Å². The van der Waals surface area contributed by atoms with Gasteiger partial charge in [-0.25, -0.2) is 0 Å². The highest BCUT2D eigenvalue weighted by atomic mass is 14.0. The van der Waals surface area contributed by atoms with Gasteiger partial charge in [-0.1, -0.05) is 146 Å². The summed E-state index contributed by atoms with van der Waals surface area (Å²) in [6.45, 7) is 0. The van der Waals surface area contributed by atoms with Gasteiger partial charge in [0.2, 0.25) is 0 Å². The molecule has 0 heterocycles. The van der Waals surface area contributed by atoms with Crippen molar-refractivity contribution in [1.29, 1.82) is 0 Å². The molecule has 0 fully saturated rings. The highest BCUT2D eigenvalue weighted by Gasteiger charge is 1.93. The third-order valence-corrected chi connectivity index (χ3v) is 5.86. The van der Waals surface area contributed by atoms with Crippen molar-refractivity contribution in [2.24, 2.45) is 0 Å². The second-order valence-electron chi connectivity index (χ2n) is 8.32. The Bertz CT molecular complexity index is 1410. The third-order valence-electron chi connectivity index (χ3n) is 5.86. The quantitative estimate of drug-likeness (QED) is 0.233. The van der Waals surface area contributed by atoms with Crippen molar-refractivity contribution < 1.29 is 0 Å². The standard InChI is InChI=1S/C34H26/c1(3-11-29-21-23-31-13-5-7-15-33(31)25-29)9-27-17-19-28(20-18-27)10-2-4-12-30-22-24-32-14-6-8-16-34(32)26-30/h1-26H. The van der Waals surface area contributed by atoms with Crippen LogP contribution in [0.15, 0.2) is 133 Å². The minimum absolute atomic E-state index is 1.19. The summed E-state index contributed by atoms with van der Waals surface area (Å²) in [6.07, 6.45) is 16.9. The van der Waals surface area contributed by atoms with Crippen molar-refractivity contribution in [3.05, 3.63) is 156 Å². The van der Waals surface area contributed by atoms with Crippen molar-refractivity contribution in [3.63, 3.8) is 0 Å². The van der Waals surface area contributed by atoms with Gasteiger partial charge in [0.15, 0.2) is 0 Å². The van der Waals surface area contributed by atoms with Gasteiger partial charge >= 0.3 is 0 Å². The monoisotopic (exact) mass is 434 g/mol. The van der Waals surface area contributed by atoms with Crippen LogP contribution in [0.3, 0.4) is 0 Å². The van der Waals surface area contributed by atoms with Gasteiger partial charge in [0.1, 0.15) is 0 Å². The van der Waals surface area contributed by atoms with Crippen molar-refractivity contribution in [1.82, 2.24) is 0 Å². The first-order chi connectivity index (χ1) is 16.8. The van der Waals surface area contributed by atoms with Crippen LogP contribution in [0.2, 0.25) is 0 Å². The molecule has 0 aromatic heterocycles. The molecule has 5 aromatic carbocycles. The molecule has 0 N–H and O–H groups in total. The Balaban J connectivity index is 1.17. The van der Waals surface area contributed by atoms with E-state index in [-0.39, 0.29) is 0 Å². The van der Waals surface area contributed by atoms with Gasteiger partial charge in [0, 0.05) is 0 Å². The SMILES string of the molecule is C(C=Cc1ccc2ccccc2c1)=Cc1ccc(C=CC=Cc2ccc3ccccc3c2)cc1. The molecule has 0 bridgehead atoms. The highest BCUT2D eigenvalue weighted by molar-refractivity contribution is 5.85. The Kier molecular flexibility index (Phi) is 6.59. The summed E-state index contributed by atoms with van der Waals surface area (Å²) < 4.78 is 0. The van der Waals surface area contributed by atoms with Crippen LogP contribution in [0.1, 0.15) is 22.3 Å². The fraction of sp³-hybridized carbons (Fsp3) is 0. The van der Waals surface area contributed by atoms with Gasteiger partial charge in [-0.15, -0.1) is 0 Å². The van der Waals surface area contributed by atoms with Crippen LogP contribution >= 0.6 is 0 Å². The van der Waals surface area contributed by atoms with E-state index in [4.69, 9.17) is 0 Å². The lowest BCUT2D eigenvalue weighted by Gasteiger charge is -1.99. The topological polar surface area (TPSA) is 0 Å². The molecule has 0 heteroatoms. The van der Waals surface area contributed by atoms with Crippen molar-refractivity contribution in [2.45, 2.75) is 0 Å². The smallest absolute Gasteiger partial charge is 0.0178 e. The minimum atomic E-state index is 1.19. The molecule has 5 aromatic rings. The molecule has 0 saturated carbocycles. The van der Waals surface area contributed by atoms with E-state index in [1.165, 1.54) is 43.8 Å². The van der Waals surface area contributed by atoms with E-state index in [1.807, 2.05) is 0 Å². The van der Waals surface area contributed by atoms with Crippen LogP contribution in [-0.2, 0) is 0 Å². The molecule has 34 heavy (non-hydrogen) atoms. The summed E-state index contributed by atoms with van der Waals surface area (Å²) in [5.74, 6) is 0. The maximum Gasteiger partial charge on any atom is -0.0178 e. The molecule has 0 aliphatic carbocycles. The van der Waals surface area contributed by atoms with Crippen molar-refractivity contribution in [2.75, 3.05) is 0 Å². The fourth-order valence-corrected chi connectivity index (χ4v) is 4.01. The van der Waals surface area contributed by atoms with Gasteiger partial charge in [0.25, 0.3) is 0 Å². The Labute approximate surface area is 201 Å². The number of fused-ring (bicyclic) bond motifs is 2. The molecule has 0 spiro atoms. The summed E-state index contributed by atoms with van der Waals surface area (Å²) in [5, 5.41) is 5.08. The fourth-order valence-electron chi connectivity index (χ4n) is 4.01. The largest absolute Gasteiger partial charge is 0.0617 e. The van der Waals surface area contributed by atoms with Crippen molar-refractivity contribution >= 4 is 45.8 Å². The molecule has 0 atom stereocenters. The van der Waals surface area contributed by atoms with Crippen LogP contribution < -0.4 is 0 Å². The zero-order valence-corrected chi connectivity index (χ0v) is 19.0. The van der Waals surface area contributed by atoms with E-state index in [0.29, 0.717) is 0 Å². The highest BCUT2D eigenvalue weighted by Crippen LogP contribution is 2.18. The number of hydrogen-bond acceptors (Lipinski definition) is 0. The minimum Gasteiger partial charge on any atom is -0.0617 e. The van der Waals surface area contributed by atoms with Crippen LogP contribution in [0.4, 0.5) is 0 Å². The Morgan fingerprint density at radius 2 is 0.618 bits per heavy atom. The number of rotatable bonds is 6. The van der Waals surface area contributed by atoms with E-state index in [0.717, 1.165) is 0 Å². The van der Waals surface area contributed by atoms with Crippen LogP contribution in [-0.4, -0.2) is 0 Å². The summed E-state index contributed by atoms with van der Waals surface area (Å²) >= 11 is 0. The van der Waals surface area contributed by atoms with Gasteiger partial charge in [-0.3, -0.25) is 0 Å². The predicted molar refractivity (Wildman–Crippen MR) is 150 cm³/mol. The summed E-state index contributed by atoms with van der Waals surface area (Å²) in [5.41, 5.74) is 4.79. The average molecular weight is 435 g/mol. The summed E-state index contributed by atoms with van der Waals surface area (Å²) in [4.78, 5) is 0. The molecule has 5 rings (SSSR count). The molecule has 0 aliphatic heterocycles. The molecule has 0 radical (unpaired) electrons. The zero-order chi connectivity index (χ0) is 23.0. The maximum absolute atomic E-state index is 2.22. The zero-order valence-electron chi connectivity index (χ0n) is 19.0. The van der Waals surface area contributed by atoms with E-state index < -0.39 is 0 Å². The normalized spacial score (nSPS) is 12.2. The Hall–Kier alpha value is -4.42. The van der Waals surface area contributed by atoms with E-state index in [9.17, 15) is 0 Å². The van der Waals surface area contributed by atoms with E-state index in [2.05, 4.69) is 158 Å². The second-order valence-corrected chi connectivity index (χ2v) is 8.32. The molecule has 0 nitrogen and oxygen atoms in total. The van der Waals surface area contributed by atoms with E-state index in [1.54, 1.807) is 0 Å². The summed E-state index contributed by atoms with van der Waals surface area (Å²) in [7, 11) is 0. The lowest BCUT2D eigenvalue weighted by Crippen LogP contribution is -1.75. The lowest BCUT2D eigenvalue weighted by atomic mass is 10.1. The number of allylic oxidation sites excluding steroid dienone is 4. The van der Waals surface area contributed by atoms with Gasteiger partial charge in [-0.2, -0.15) is 0 Å².